The first kappa shape index (κ1) is 16.7. The molecule has 5 heteroatoms. The molecular weight excluding hydrogens is 292 g/mol. The first-order chi connectivity index (χ1) is 10.8. The predicted molar refractivity (Wildman–Crippen MR) is 90.6 cm³/mol. The third-order valence-electron chi connectivity index (χ3n) is 3.52. The van der Waals surface area contributed by atoms with Crippen molar-refractivity contribution in [2.45, 2.75) is 32.6 Å². The number of rotatable bonds is 4. The minimum atomic E-state index is -0.455. The molecule has 0 aliphatic heterocycles. The van der Waals surface area contributed by atoms with Crippen molar-refractivity contribution in [1.82, 2.24) is 0 Å². The number of para-hydroxylation sites is 1. The van der Waals surface area contributed by atoms with E-state index >= 15 is 0 Å². The first-order valence-electron chi connectivity index (χ1n) is 7.40. The lowest BCUT2D eigenvalue weighted by Crippen LogP contribution is -2.19. The number of amides is 1. The fourth-order valence-electron chi connectivity index (χ4n) is 2.36. The SMILES string of the molecule is CC(C)(C)c1ccccc1NC(=O)Cc1ccc([N+](=O)[O-])cc1. The number of non-ortho nitro benzene ring substituents is 1. The zero-order valence-electron chi connectivity index (χ0n) is 13.5. The highest BCUT2D eigenvalue weighted by Crippen LogP contribution is 2.29. The average molecular weight is 312 g/mol. The van der Waals surface area contributed by atoms with Crippen molar-refractivity contribution < 1.29 is 9.72 Å². The van der Waals surface area contributed by atoms with Crippen LogP contribution in [0.1, 0.15) is 31.9 Å². The van der Waals surface area contributed by atoms with E-state index in [1.54, 1.807) is 12.1 Å². The van der Waals surface area contributed by atoms with Crippen LogP contribution < -0.4 is 5.32 Å². The zero-order valence-corrected chi connectivity index (χ0v) is 13.5. The molecule has 0 heterocycles. The van der Waals surface area contributed by atoms with Crippen molar-refractivity contribution in [2.75, 3.05) is 5.32 Å². The maximum absolute atomic E-state index is 12.2. The van der Waals surface area contributed by atoms with E-state index in [9.17, 15) is 14.9 Å². The van der Waals surface area contributed by atoms with Gasteiger partial charge in [0, 0.05) is 17.8 Å². The Kier molecular flexibility index (Phi) is 4.79. The highest BCUT2D eigenvalue weighted by molar-refractivity contribution is 5.93. The number of hydrogen-bond donors (Lipinski definition) is 1. The van der Waals surface area contributed by atoms with Crippen molar-refractivity contribution in [3.8, 4) is 0 Å². The summed E-state index contributed by atoms with van der Waals surface area (Å²) < 4.78 is 0. The Bertz CT molecular complexity index is 716. The summed E-state index contributed by atoms with van der Waals surface area (Å²) in [6.45, 7) is 6.27. The van der Waals surface area contributed by atoms with Crippen LogP contribution >= 0.6 is 0 Å². The van der Waals surface area contributed by atoms with Gasteiger partial charge in [0.1, 0.15) is 0 Å². The van der Waals surface area contributed by atoms with Gasteiger partial charge in [0.2, 0.25) is 5.91 Å². The molecule has 5 nitrogen and oxygen atoms in total. The van der Waals surface area contributed by atoms with E-state index in [1.165, 1.54) is 12.1 Å². The van der Waals surface area contributed by atoms with Gasteiger partial charge in [0.15, 0.2) is 0 Å². The van der Waals surface area contributed by atoms with Gasteiger partial charge in [-0.25, -0.2) is 0 Å². The lowest BCUT2D eigenvalue weighted by atomic mass is 9.86. The Hall–Kier alpha value is -2.69. The second-order valence-corrected chi connectivity index (χ2v) is 6.44. The summed E-state index contributed by atoms with van der Waals surface area (Å²) in [5, 5.41) is 13.6. The van der Waals surface area contributed by atoms with Crippen LogP contribution in [0.15, 0.2) is 48.5 Å². The van der Waals surface area contributed by atoms with Crippen LogP contribution in [0.2, 0.25) is 0 Å². The van der Waals surface area contributed by atoms with Gasteiger partial charge in [0.25, 0.3) is 5.69 Å². The average Bonchev–Trinajstić information content (AvgIpc) is 2.47. The standard InChI is InChI=1S/C18H20N2O3/c1-18(2,3)15-6-4-5-7-16(15)19-17(21)12-13-8-10-14(11-9-13)20(22)23/h4-11H,12H2,1-3H3,(H,19,21). The number of hydrogen-bond acceptors (Lipinski definition) is 3. The van der Waals surface area contributed by atoms with Crippen LogP contribution in [0, 0.1) is 10.1 Å². The van der Waals surface area contributed by atoms with Gasteiger partial charge < -0.3 is 5.32 Å². The van der Waals surface area contributed by atoms with Crippen LogP contribution in [0.25, 0.3) is 0 Å². The maximum atomic E-state index is 12.2. The van der Waals surface area contributed by atoms with Gasteiger partial charge in [-0.3, -0.25) is 14.9 Å². The monoisotopic (exact) mass is 312 g/mol. The molecular formula is C18H20N2O3. The molecule has 0 fully saturated rings. The van der Waals surface area contributed by atoms with Gasteiger partial charge in [-0.05, 0) is 22.6 Å². The third-order valence-corrected chi connectivity index (χ3v) is 3.52. The van der Waals surface area contributed by atoms with Crippen molar-refractivity contribution in [3.05, 3.63) is 69.8 Å². The highest BCUT2D eigenvalue weighted by Gasteiger charge is 2.18. The summed E-state index contributed by atoms with van der Waals surface area (Å²) in [5.41, 5.74) is 2.55. The fraction of sp³-hybridized carbons (Fsp3) is 0.278. The number of anilines is 1. The lowest BCUT2D eigenvalue weighted by molar-refractivity contribution is -0.384. The van der Waals surface area contributed by atoms with Crippen LogP contribution in [-0.2, 0) is 16.6 Å². The zero-order chi connectivity index (χ0) is 17.0. The molecule has 1 amide bonds. The van der Waals surface area contributed by atoms with Crippen molar-refractivity contribution in [3.63, 3.8) is 0 Å². The van der Waals surface area contributed by atoms with E-state index in [0.29, 0.717) is 0 Å². The largest absolute Gasteiger partial charge is 0.326 e. The molecule has 0 saturated carbocycles. The molecule has 0 aromatic heterocycles. The van der Waals surface area contributed by atoms with Crippen LogP contribution in [-0.4, -0.2) is 10.8 Å². The topological polar surface area (TPSA) is 72.2 Å². The Morgan fingerprint density at radius 3 is 2.26 bits per heavy atom. The van der Waals surface area contributed by atoms with Crippen LogP contribution in [0.5, 0.6) is 0 Å². The molecule has 0 saturated heterocycles. The molecule has 120 valence electrons. The molecule has 0 bridgehead atoms. The lowest BCUT2D eigenvalue weighted by Gasteiger charge is -2.23. The van der Waals surface area contributed by atoms with Gasteiger partial charge in [0.05, 0.1) is 11.3 Å². The minimum absolute atomic E-state index is 0.0206. The number of carbonyl (C=O) groups excluding carboxylic acids is 1. The molecule has 0 aliphatic carbocycles. The second kappa shape index (κ2) is 6.60. The van der Waals surface area contributed by atoms with E-state index < -0.39 is 4.92 Å². The molecule has 0 atom stereocenters. The fourth-order valence-corrected chi connectivity index (χ4v) is 2.36. The van der Waals surface area contributed by atoms with E-state index in [2.05, 4.69) is 26.1 Å². The summed E-state index contributed by atoms with van der Waals surface area (Å²) in [7, 11) is 0. The summed E-state index contributed by atoms with van der Waals surface area (Å²) >= 11 is 0. The Morgan fingerprint density at radius 2 is 1.70 bits per heavy atom. The molecule has 0 aliphatic rings. The van der Waals surface area contributed by atoms with Gasteiger partial charge in [-0.1, -0.05) is 51.1 Å². The highest BCUT2D eigenvalue weighted by atomic mass is 16.6. The Labute approximate surface area is 135 Å². The second-order valence-electron chi connectivity index (χ2n) is 6.44. The van der Waals surface area contributed by atoms with Crippen molar-refractivity contribution in [1.29, 1.82) is 0 Å². The number of nitro benzene ring substituents is 1. The smallest absolute Gasteiger partial charge is 0.269 e. The Balaban J connectivity index is 2.10. The summed E-state index contributed by atoms with van der Waals surface area (Å²) in [4.78, 5) is 22.4. The minimum Gasteiger partial charge on any atom is -0.326 e. The van der Waals surface area contributed by atoms with Crippen molar-refractivity contribution in [2.24, 2.45) is 0 Å². The van der Waals surface area contributed by atoms with E-state index in [-0.39, 0.29) is 23.4 Å². The molecule has 2 aromatic rings. The molecule has 0 radical (unpaired) electrons. The van der Waals surface area contributed by atoms with Gasteiger partial charge in [-0.15, -0.1) is 0 Å². The summed E-state index contributed by atoms with van der Waals surface area (Å²) in [5.74, 6) is -0.143. The van der Waals surface area contributed by atoms with Gasteiger partial charge >= 0.3 is 0 Å². The quantitative estimate of drug-likeness (QED) is 0.683. The van der Waals surface area contributed by atoms with Crippen molar-refractivity contribution >= 4 is 17.3 Å². The normalized spacial score (nSPS) is 11.1. The summed E-state index contributed by atoms with van der Waals surface area (Å²) in [6.07, 6.45) is 0.177. The van der Waals surface area contributed by atoms with E-state index in [4.69, 9.17) is 0 Å². The van der Waals surface area contributed by atoms with Crippen LogP contribution in [0.3, 0.4) is 0 Å². The van der Waals surface area contributed by atoms with E-state index in [0.717, 1.165) is 16.8 Å². The first-order valence-corrected chi connectivity index (χ1v) is 7.40. The number of benzene rings is 2. The summed E-state index contributed by atoms with van der Waals surface area (Å²) in [6, 6.07) is 13.7. The molecule has 0 unspecified atom stereocenters. The number of nitrogens with zero attached hydrogens (tertiary/aromatic N) is 1. The molecule has 23 heavy (non-hydrogen) atoms. The van der Waals surface area contributed by atoms with Crippen LogP contribution in [0.4, 0.5) is 11.4 Å². The Morgan fingerprint density at radius 1 is 1.09 bits per heavy atom. The van der Waals surface area contributed by atoms with E-state index in [1.807, 2.05) is 24.3 Å². The number of nitro groups is 1. The number of nitrogens with one attached hydrogen (secondary N) is 1. The number of carbonyl (C=O) groups is 1. The molecule has 2 rings (SSSR count). The maximum Gasteiger partial charge on any atom is 0.269 e. The third kappa shape index (κ3) is 4.39. The predicted octanol–water partition coefficient (Wildman–Crippen LogP) is 4.07. The molecule has 2 aromatic carbocycles. The van der Waals surface area contributed by atoms with Gasteiger partial charge in [-0.2, -0.15) is 0 Å². The molecule has 0 spiro atoms. The molecule has 1 N–H and O–H groups in total.